The van der Waals surface area contributed by atoms with Crippen molar-refractivity contribution >= 4 is 5.91 Å². The number of amides is 1. The molecular weight excluding hydrogens is 324 g/mol. The molecule has 1 saturated carbocycles. The number of nitrogens with zero attached hydrogens (tertiary/aromatic N) is 3. The van der Waals surface area contributed by atoms with E-state index in [1.165, 1.54) is 6.07 Å². The van der Waals surface area contributed by atoms with Gasteiger partial charge in [0.1, 0.15) is 17.7 Å². The summed E-state index contributed by atoms with van der Waals surface area (Å²) in [5, 5.41) is 9.29. The van der Waals surface area contributed by atoms with Crippen molar-refractivity contribution in [2.45, 2.75) is 32.2 Å². The quantitative estimate of drug-likeness (QED) is 0.841. The first kappa shape index (κ1) is 17.8. The molecule has 0 N–H and O–H groups in total. The second kappa shape index (κ2) is 7.09. The Morgan fingerprint density at radius 3 is 2.52 bits per heavy atom. The van der Waals surface area contributed by atoms with E-state index in [9.17, 15) is 18.8 Å². The molecule has 0 unspecified atom stereocenters. The molecular formula is C19H23F2N3O. The highest BCUT2D eigenvalue weighted by molar-refractivity contribution is 5.83. The number of hydrogen-bond acceptors (Lipinski definition) is 3. The Labute approximate surface area is 147 Å². The molecule has 0 spiro atoms. The molecule has 25 heavy (non-hydrogen) atoms. The van der Waals surface area contributed by atoms with Crippen LogP contribution in [0, 0.1) is 34.8 Å². The highest BCUT2D eigenvalue weighted by Gasteiger charge is 2.47. The second-order valence-corrected chi connectivity index (χ2v) is 7.29. The van der Waals surface area contributed by atoms with Crippen molar-refractivity contribution in [3.05, 3.63) is 35.4 Å². The van der Waals surface area contributed by atoms with Crippen molar-refractivity contribution in [2.24, 2.45) is 11.8 Å². The fraction of sp³-hybridized carbons (Fsp3) is 0.579. The van der Waals surface area contributed by atoms with Gasteiger partial charge in [-0.1, -0.05) is 13.8 Å². The molecule has 2 fully saturated rings. The zero-order valence-corrected chi connectivity index (χ0v) is 14.6. The van der Waals surface area contributed by atoms with Crippen LogP contribution in [0.2, 0.25) is 0 Å². The number of nitriles is 1. The van der Waals surface area contributed by atoms with Gasteiger partial charge in [-0.3, -0.25) is 9.69 Å². The number of piperazine rings is 1. The van der Waals surface area contributed by atoms with Gasteiger partial charge in [-0.15, -0.1) is 0 Å². The van der Waals surface area contributed by atoms with Crippen molar-refractivity contribution in [3.8, 4) is 6.07 Å². The van der Waals surface area contributed by atoms with Crippen molar-refractivity contribution < 1.29 is 13.6 Å². The third-order valence-electron chi connectivity index (χ3n) is 5.25. The summed E-state index contributed by atoms with van der Waals surface area (Å²) >= 11 is 0. The van der Waals surface area contributed by atoms with Crippen LogP contribution in [-0.2, 0) is 4.79 Å². The van der Waals surface area contributed by atoms with E-state index in [0.29, 0.717) is 38.2 Å². The number of carbonyl (C=O) groups excluding carboxylic acids is 1. The maximum atomic E-state index is 13.9. The maximum absolute atomic E-state index is 13.9. The number of rotatable bonds is 4. The van der Waals surface area contributed by atoms with E-state index < -0.39 is 11.6 Å². The Kier molecular flexibility index (Phi) is 5.05. The third-order valence-corrected chi connectivity index (χ3v) is 5.25. The summed E-state index contributed by atoms with van der Waals surface area (Å²) in [7, 11) is 0. The van der Waals surface area contributed by atoms with Gasteiger partial charge in [0.25, 0.3) is 0 Å². The Hall–Kier alpha value is -2.00. The average Bonchev–Trinajstić information content (AvgIpc) is 3.38. The minimum absolute atomic E-state index is 0.0198. The second-order valence-electron chi connectivity index (χ2n) is 7.29. The van der Waals surface area contributed by atoms with Gasteiger partial charge >= 0.3 is 0 Å². The summed E-state index contributed by atoms with van der Waals surface area (Å²) in [6, 6.07) is 5.62. The van der Waals surface area contributed by atoms with Crippen LogP contribution in [0.1, 0.15) is 31.7 Å². The van der Waals surface area contributed by atoms with Crippen molar-refractivity contribution in [1.82, 2.24) is 9.80 Å². The number of hydrogen-bond donors (Lipinski definition) is 0. The standard InChI is InChI=1S/C19H23F2N3O/c1-12(2)18(11-22)23-5-7-24(8-6-23)19(25)16-10-14(16)15-9-13(20)3-4-17(15)21/h3-4,9,12,14,16,18H,5-8,10H2,1-2H3/t14-,16-,18+/m1/s1. The molecule has 4 nitrogen and oxygen atoms in total. The molecule has 0 bridgehead atoms. The summed E-state index contributed by atoms with van der Waals surface area (Å²) in [6.45, 7) is 6.56. The van der Waals surface area contributed by atoms with Crippen molar-refractivity contribution in [1.29, 1.82) is 5.26 Å². The molecule has 1 aromatic rings. The minimum atomic E-state index is -0.473. The first-order valence-corrected chi connectivity index (χ1v) is 8.79. The van der Waals surface area contributed by atoms with Crippen LogP contribution in [0.25, 0.3) is 0 Å². The predicted octanol–water partition coefficient (Wildman–Crippen LogP) is 2.76. The van der Waals surface area contributed by atoms with E-state index in [-0.39, 0.29) is 29.7 Å². The molecule has 1 aliphatic heterocycles. The lowest BCUT2D eigenvalue weighted by molar-refractivity contribution is -0.134. The molecule has 3 atom stereocenters. The van der Waals surface area contributed by atoms with Gasteiger partial charge in [0.2, 0.25) is 5.91 Å². The topological polar surface area (TPSA) is 47.3 Å². The van der Waals surface area contributed by atoms with E-state index in [1.54, 1.807) is 4.90 Å². The third kappa shape index (κ3) is 3.67. The van der Waals surface area contributed by atoms with Gasteiger partial charge in [-0.2, -0.15) is 5.26 Å². The normalized spacial score (nSPS) is 24.9. The average molecular weight is 347 g/mol. The molecule has 1 amide bonds. The zero-order chi connectivity index (χ0) is 18.1. The van der Waals surface area contributed by atoms with Crippen LogP contribution in [0.15, 0.2) is 18.2 Å². The molecule has 134 valence electrons. The van der Waals surface area contributed by atoms with Crippen molar-refractivity contribution in [2.75, 3.05) is 26.2 Å². The Bertz CT molecular complexity index is 692. The molecule has 1 aromatic carbocycles. The highest BCUT2D eigenvalue weighted by Crippen LogP contribution is 2.49. The molecule has 0 radical (unpaired) electrons. The number of halogens is 2. The Morgan fingerprint density at radius 2 is 1.92 bits per heavy atom. The van der Waals surface area contributed by atoms with Gasteiger partial charge in [0, 0.05) is 32.1 Å². The van der Waals surface area contributed by atoms with Crippen molar-refractivity contribution in [3.63, 3.8) is 0 Å². The smallest absolute Gasteiger partial charge is 0.226 e. The largest absolute Gasteiger partial charge is 0.340 e. The van der Waals surface area contributed by atoms with Crippen LogP contribution < -0.4 is 0 Å². The summed E-state index contributed by atoms with van der Waals surface area (Å²) in [6.07, 6.45) is 0.576. The summed E-state index contributed by atoms with van der Waals surface area (Å²) in [5.74, 6) is -1.12. The van der Waals surface area contributed by atoms with Gasteiger partial charge in [0.15, 0.2) is 0 Å². The Balaban J connectivity index is 1.58. The zero-order valence-electron chi connectivity index (χ0n) is 14.6. The predicted molar refractivity (Wildman–Crippen MR) is 89.6 cm³/mol. The number of carbonyl (C=O) groups is 1. The van der Waals surface area contributed by atoms with Gasteiger partial charge < -0.3 is 4.90 Å². The van der Waals surface area contributed by atoms with E-state index >= 15 is 0 Å². The molecule has 1 aliphatic carbocycles. The van der Waals surface area contributed by atoms with Crippen LogP contribution in [0.5, 0.6) is 0 Å². The first-order valence-electron chi connectivity index (χ1n) is 8.79. The summed E-state index contributed by atoms with van der Waals surface area (Å²) in [5.41, 5.74) is 0.307. The highest BCUT2D eigenvalue weighted by atomic mass is 19.1. The van der Waals surface area contributed by atoms with E-state index in [4.69, 9.17) is 0 Å². The lowest BCUT2D eigenvalue weighted by atomic mass is 10.0. The van der Waals surface area contributed by atoms with E-state index in [0.717, 1.165) is 12.1 Å². The lowest BCUT2D eigenvalue weighted by Crippen LogP contribution is -2.53. The minimum Gasteiger partial charge on any atom is -0.340 e. The van der Waals surface area contributed by atoms with Crippen LogP contribution in [-0.4, -0.2) is 47.9 Å². The fourth-order valence-electron chi connectivity index (χ4n) is 3.72. The molecule has 1 saturated heterocycles. The lowest BCUT2D eigenvalue weighted by Gasteiger charge is -2.38. The maximum Gasteiger partial charge on any atom is 0.226 e. The molecule has 2 aliphatic rings. The molecule has 6 heteroatoms. The van der Waals surface area contributed by atoms with Crippen LogP contribution in [0.4, 0.5) is 8.78 Å². The summed E-state index contributed by atoms with van der Waals surface area (Å²) < 4.78 is 27.2. The van der Waals surface area contributed by atoms with Crippen LogP contribution in [0.3, 0.4) is 0 Å². The van der Waals surface area contributed by atoms with E-state index in [2.05, 4.69) is 11.0 Å². The monoisotopic (exact) mass is 347 g/mol. The fourth-order valence-corrected chi connectivity index (χ4v) is 3.72. The van der Waals surface area contributed by atoms with Gasteiger partial charge in [-0.05, 0) is 42.0 Å². The van der Waals surface area contributed by atoms with Gasteiger partial charge in [-0.25, -0.2) is 8.78 Å². The molecule has 3 rings (SSSR count). The van der Waals surface area contributed by atoms with Crippen LogP contribution >= 0.6 is 0 Å². The van der Waals surface area contributed by atoms with Gasteiger partial charge in [0.05, 0.1) is 6.07 Å². The van der Waals surface area contributed by atoms with E-state index in [1.807, 2.05) is 13.8 Å². The first-order chi connectivity index (χ1) is 11.9. The Morgan fingerprint density at radius 1 is 1.24 bits per heavy atom. The molecule has 1 heterocycles. The number of benzene rings is 1. The SMILES string of the molecule is CC(C)[C@H](C#N)N1CCN(C(=O)[C@@H]2C[C@@H]2c2cc(F)ccc2F)CC1. The summed E-state index contributed by atoms with van der Waals surface area (Å²) in [4.78, 5) is 16.6. The molecule has 0 aromatic heterocycles.